The molecular weight excluding hydrogens is 280 g/mol. The number of nitrogens with zero attached hydrogens (tertiary/aromatic N) is 2. The van der Waals surface area contributed by atoms with E-state index in [0.717, 1.165) is 38.8 Å². The van der Waals surface area contributed by atoms with Crippen molar-refractivity contribution in [1.82, 2.24) is 20.4 Å². The molecule has 3 N–H and O–H groups in total. The van der Waals surface area contributed by atoms with Crippen molar-refractivity contribution in [2.75, 3.05) is 26.2 Å². The second kappa shape index (κ2) is 7.74. The number of amides is 1. The molecule has 0 aliphatic carbocycles. The topological polar surface area (TPSA) is 79.2 Å². The lowest BCUT2D eigenvalue weighted by atomic mass is 9.89. The van der Waals surface area contributed by atoms with E-state index in [1.54, 1.807) is 6.07 Å². The molecule has 1 fully saturated rings. The summed E-state index contributed by atoms with van der Waals surface area (Å²) in [4.78, 5) is 12.1. The Bertz CT molecular complexity index is 478. The number of rotatable bonds is 7. The number of hydrogen-bond donors (Lipinski definition) is 3. The van der Waals surface area contributed by atoms with E-state index in [9.17, 15) is 9.90 Å². The summed E-state index contributed by atoms with van der Waals surface area (Å²) < 4.78 is 1.90. The zero-order valence-corrected chi connectivity index (χ0v) is 13.6. The number of piperidine rings is 1. The van der Waals surface area contributed by atoms with Crippen LogP contribution in [0.15, 0.2) is 12.3 Å². The molecule has 2 rings (SSSR count). The van der Waals surface area contributed by atoms with Crippen molar-refractivity contribution in [2.45, 2.75) is 45.6 Å². The summed E-state index contributed by atoms with van der Waals surface area (Å²) in [6.07, 6.45) is 5.87. The number of nitrogens with one attached hydrogen (secondary N) is 2. The second-order valence-corrected chi connectivity index (χ2v) is 6.86. The van der Waals surface area contributed by atoms with Crippen LogP contribution in [-0.4, -0.2) is 47.0 Å². The van der Waals surface area contributed by atoms with E-state index in [-0.39, 0.29) is 17.9 Å². The van der Waals surface area contributed by atoms with Crippen molar-refractivity contribution in [3.63, 3.8) is 0 Å². The molecular formula is C16H28N4O2. The molecule has 1 aliphatic heterocycles. The fourth-order valence-corrected chi connectivity index (χ4v) is 2.66. The van der Waals surface area contributed by atoms with Crippen LogP contribution in [0.1, 0.15) is 56.1 Å². The molecule has 124 valence electrons. The second-order valence-electron chi connectivity index (χ2n) is 6.86. The zero-order valence-electron chi connectivity index (χ0n) is 13.6. The average molecular weight is 308 g/mol. The number of aromatic nitrogens is 2. The third-order valence-corrected chi connectivity index (χ3v) is 4.23. The lowest BCUT2D eigenvalue weighted by Crippen LogP contribution is -2.32. The summed E-state index contributed by atoms with van der Waals surface area (Å²) in [6.45, 7) is 6.80. The van der Waals surface area contributed by atoms with E-state index < -0.39 is 0 Å². The first kappa shape index (κ1) is 17.0. The smallest absolute Gasteiger partial charge is 0.271 e. The standard InChI is InChI=1S/C16H28N4O2/c1-16(2,12-21)7-4-9-18-15(22)14-6-10-20(19-14)13-5-3-8-17-11-13/h6,10,13,17,21H,3-5,7-9,11-12H2,1-2H3,(H,18,22). The average Bonchev–Trinajstić information content (AvgIpc) is 3.02. The first-order valence-electron chi connectivity index (χ1n) is 8.17. The Hall–Kier alpha value is -1.40. The van der Waals surface area contributed by atoms with Gasteiger partial charge in [-0.15, -0.1) is 0 Å². The highest BCUT2D eigenvalue weighted by atomic mass is 16.3. The van der Waals surface area contributed by atoms with Crippen LogP contribution in [0.4, 0.5) is 0 Å². The molecule has 0 radical (unpaired) electrons. The van der Waals surface area contributed by atoms with Crippen LogP contribution >= 0.6 is 0 Å². The van der Waals surface area contributed by atoms with E-state index in [4.69, 9.17) is 0 Å². The van der Waals surface area contributed by atoms with Crippen LogP contribution in [0.3, 0.4) is 0 Å². The van der Waals surface area contributed by atoms with Gasteiger partial charge in [-0.1, -0.05) is 13.8 Å². The quantitative estimate of drug-likeness (QED) is 0.664. The van der Waals surface area contributed by atoms with Gasteiger partial charge < -0.3 is 15.7 Å². The molecule has 6 heteroatoms. The molecule has 0 spiro atoms. The van der Waals surface area contributed by atoms with Gasteiger partial charge in [0, 0.05) is 25.9 Å². The van der Waals surface area contributed by atoms with E-state index in [1.165, 1.54) is 0 Å². The minimum Gasteiger partial charge on any atom is -0.396 e. The summed E-state index contributed by atoms with van der Waals surface area (Å²) in [5, 5.41) is 19.9. The number of hydrogen-bond acceptors (Lipinski definition) is 4. The lowest BCUT2D eigenvalue weighted by Gasteiger charge is -2.22. The van der Waals surface area contributed by atoms with Gasteiger partial charge >= 0.3 is 0 Å². The van der Waals surface area contributed by atoms with E-state index in [0.29, 0.717) is 18.3 Å². The Morgan fingerprint density at radius 1 is 1.59 bits per heavy atom. The molecule has 0 saturated carbocycles. The number of carbonyl (C=O) groups is 1. The third-order valence-electron chi connectivity index (χ3n) is 4.23. The van der Waals surface area contributed by atoms with Crippen LogP contribution in [0.5, 0.6) is 0 Å². The van der Waals surface area contributed by atoms with Gasteiger partial charge in [0.2, 0.25) is 0 Å². The van der Waals surface area contributed by atoms with Crippen LogP contribution < -0.4 is 10.6 Å². The molecule has 1 aliphatic rings. The highest BCUT2D eigenvalue weighted by Crippen LogP contribution is 2.20. The van der Waals surface area contributed by atoms with Gasteiger partial charge in [0.1, 0.15) is 5.69 Å². The van der Waals surface area contributed by atoms with Crippen molar-refractivity contribution in [3.05, 3.63) is 18.0 Å². The molecule has 2 heterocycles. The molecule has 1 aromatic rings. The van der Waals surface area contributed by atoms with Gasteiger partial charge in [0.25, 0.3) is 5.91 Å². The summed E-state index contributed by atoms with van der Waals surface area (Å²) in [5.41, 5.74) is 0.396. The van der Waals surface area contributed by atoms with Gasteiger partial charge in [-0.05, 0) is 43.7 Å². The highest BCUT2D eigenvalue weighted by molar-refractivity contribution is 5.92. The molecule has 1 atom stereocenters. The maximum absolute atomic E-state index is 12.1. The van der Waals surface area contributed by atoms with Crippen molar-refractivity contribution in [3.8, 4) is 0 Å². The molecule has 1 aromatic heterocycles. The third kappa shape index (κ3) is 4.81. The summed E-state index contributed by atoms with van der Waals surface area (Å²) >= 11 is 0. The first-order valence-corrected chi connectivity index (χ1v) is 8.17. The number of carbonyl (C=O) groups excluding carboxylic acids is 1. The lowest BCUT2D eigenvalue weighted by molar-refractivity contribution is 0.0942. The van der Waals surface area contributed by atoms with Gasteiger partial charge in [-0.25, -0.2) is 0 Å². The minimum absolute atomic E-state index is 0.0830. The van der Waals surface area contributed by atoms with Gasteiger partial charge in [-0.2, -0.15) is 5.10 Å². The van der Waals surface area contributed by atoms with Gasteiger partial charge in [0.15, 0.2) is 0 Å². The summed E-state index contributed by atoms with van der Waals surface area (Å²) in [7, 11) is 0. The fourth-order valence-electron chi connectivity index (χ4n) is 2.66. The normalized spacial score (nSPS) is 19.1. The van der Waals surface area contributed by atoms with Crippen molar-refractivity contribution in [1.29, 1.82) is 0 Å². The van der Waals surface area contributed by atoms with Crippen LogP contribution in [-0.2, 0) is 0 Å². The highest BCUT2D eigenvalue weighted by Gasteiger charge is 2.18. The summed E-state index contributed by atoms with van der Waals surface area (Å²) in [6, 6.07) is 2.13. The predicted molar refractivity (Wildman–Crippen MR) is 85.8 cm³/mol. The molecule has 1 saturated heterocycles. The van der Waals surface area contributed by atoms with Crippen LogP contribution in [0.2, 0.25) is 0 Å². The molecule has 0 bridgehead atoms. The van der Waals surface area contributed by atoms with Crippen LogP contribution in [0.25, 0.3) is 0 Å². The molecule has 22 heavy (non-hydrogen) atoms. The monoisotopic (exact) mass is 308 g/mol. The summed E-state index contributed by atoms with van der Waals surface area (Å²) in [5.74, 6) is -0.121. The number of aliphatic hydroxyl groups excluding tert-OH is 1. The Morgan fingerprint density at radius 2 is 2.41 bits per heavy atom. The minimum atomic E-state index is -0.121. The molecule has 1 amide bonds. The predicted octanol–water partition coefficient (Wildman–Crippen LogP) is 1.34. The van der Waals surface area contributed by atoms with Crippen molar-refractivity contribution < 1.29 is 9.90 Å². The molecule has 6 nitrogen and oxygen atoms in total. The zero-order chi connectivity index (χ0) is 16.0. The van der Waals surface area contributed by atoms with Gasteiger partial charge in [0.05, 0.1) is 6.04 Å². The van der Waals surface area contributed by atoms with E-state index in [1.807, 2.05) is 24.7 Å². The Labute approximate surface area is 132 Å². The van der Waals surface area contributed by atoms with Gasteiger partial charge in [-0.3, -0.25) is 9.48 Å². The Morgan fingerprint density at radius 3 is 3.09 bits per heavy atom. The fraction of sp³-hybridized carbons (Fsp3) is 0.750. The molecule has 1 unspecified atom stereocenters. The Balaban J connectivity index is 1.77. The maximum Gasteiger partial charge on any atom is 0.271 e. The SMILES string of the molecule is CC(C)(CO)CCCNC(=O)c1ccn(C2CCCNC2)n1. The Kier molecular flexibility index (Phi) is 5.97. The maximum atomic E-state index is 12.1. The van der Waals surface area contributed by atoms with Crippen LogP contribution in [0, 0.1) is 5.41 Å². The molecule has 0 aromatic carbocycles. The van der Waals surface area contributed by atoms with Crippen molar-refractivity contribution in [2.24, 2.45) is 5.41 Å². The number of aliphatic hydroxyl groups is 1. The van der Waals surface area contributed by atoms with E-state index >= 15 is 0 Å². The van der Waals surface area contributed by atoms with E-state index in [2.05, 4.69) is 15.7 Å². The van der Waals surface area contributed by atoms with Crippen molar-refractivity contribution >= 4 is 5.91 Å². The first-order chi connectivity index (χ1) is 10.5. The largest absolute Gasteiger partial charge is 0.396 e.